The fourth-order valence-electron chi connectivity index (χ4n) is 1.68. The van der Waals surface area contributed by atoms with E-state index in [2.05, 4.69) is 21.2 Å². The van der Waals surface area contributed by atoms with Gasteiger partial charge in [-0.1, -0.05) is 15.9 Å². The first-order chi connectivity index (χ1) is 9.79. The van der Waals surface area contributed by atoms with Crippen molar-refractivity contribution in [2.24, 2.45) is 0 Å². The maximum Gasteiger partial charge on any atom is 0.255 e. The topological polar surface area (TPSA) is 55.1 Å². The van der Waals surface area contributed by atoms with E-state index in [0.29, 0.717) is 0 Å². The van der Waals surface area contributed by atoms with Crippen LogP contribution >= 0.6 is 15.9 Å². The molecule has 0 bridgehead atoms. The summed E-state index contributed by atoms with van der Waals surface area (Å²) in [4.78, 5) is 11.9. The number of carbonyl (C=O) groups excluding carboxylic acids is 1. The summed E-state index contributed by atoms with van der Waals surface area (Å²) >= 11 is 2.93. The zero-order valence-corrected chi connectivity index (χ0v) is 12.4. The predicted molar refractivity (Wildman–Crippen MR) is 77.6 cm³/mol. The van der Waals surface area contributed by atoms with Crippen molar-refractivity contribution in [3.05, 3.63) is 57.3 Å². The summed E-state index contributed by atoms with van der Waals surface area (Å²) in [5.74, 6) is -3.43. The van der Waals surface area contributed by atoms with E-state index in [0.717, 1.165) is 18.2 Å². The van der Waals surface area contributed by atoms with Crippen molar-refractivity contribution in [2.75, 3.05) is 11.1 Å². The normalized spacial score (nSPS) is 10.5. The number of hydrogen-bond donors (Lipinski definition) is 2. The second-order valence-electron chi connectivity index (χ2n) is 4.37. The SMILES string of the molecule is Cc1c(N)cc(C(=O)Nc2c(F)cc(Br)cc2F)cc1F. The molecule has 1 amide bonds. The van der Waals surface area contributed by atoms with Gasteiger partial charge in [-0.25, -0.2) is 13.2 Å². The van der Waals surface area contributed by atoms with Crippen molar-refractivity contribution in [2.45, 2.75) is 6.92 Å². The Labute approximate surface area is 127 Å². The molecule has 0 aliphatic carbocycles. The zero-order chi connectivity index (χ0) is 15.7. The van der Waals surface area contributed by atoms with Crippen molar-refractivity contribution in [3.63, 3.8) is 0 Å². The lowest BCUT2D eigenvalue weighted by Crippen LogP contribution is -2.15. The van der Waals surface area contributed by atoms with Gasteiger partial charge in [-0.15, -0.1) is 0 Å². The van der Waals surface area contributed by atoms with Crippen LogP contribution in [0.2, 0.25) is 0 Å². The molecule has 0 spiro atoms. The highest BCUT2D eigenvalue weighted by Crippen LogP contribution is 2.25. The third kappa shape index (κ3) is 3.18. The van der Waals surface area contributed by atoms with Gasteiger partial charge in [0.2, 0.25) is 0 Å². The molecule has 2 aromatic rings. The van der Waals surface area contributed by atoms with E-state index in [9.17, 15) is 18.0 Å². The Kier molecular flexibility index (Phi) is 4.22. The van der Waals surface area contributed by atoms with Crippen molar-refractivity contribution in [1.82, 2.24) is 0 Å². The standard InChI is InChI=1S/C14H10BrF3N2O/c1-6-9(16)2-7(3-12(6)19)14(21)20-13-10(17)4-8(15)5-11(13)18/h2-5H,19H2,1H3,(H,20,21). The molecule has 0 aromatic heterocycles. The Balaban J connectivity index is 2.35. The first-order valence-electron chi connectivity index (χ1n) is 5.81. The molecule has 0 saturated carbocycles. The molecule has 0 saturated heterocycles. The van der Waals surface area contributed by atoms with Crippen LogP contribution in [0.25, 0.3) is 0 Å². The fourth-order valence-corrected chi connectivity index (χ4v) is 2.08. The lowest BCUT2D eigenvalue weighted by molar-refractivity contribution is 0.102. The summed E-state index contributed by atoms with van der Waals surface area (Å²) in [7, 11) is 0. The van der Waals surface area contributed by atoms with Gasteiger partial charge in [-0.3, -0.25) is 4.79 Å². The molecule has 0 unspecified atom stereocenters. The highest BCUT2D eigenvalue weighted by atomic mass is 79.9. The van der Waals surface area contributed by atoms with E-state index in [-0.39, 0.29) is 21.3 Å². The molecule has 0 aliphatic heterocycles. The largest absolute Gasteiger partial charge is 0.398 e. The number of halogens is 4. The molecule has 3 N–H and O–H groups in total. The molecule has 0 aliphatic rings. The van der Waals surface area contributed by atoms with Crippen LogP contribution < -0.4 is 11.1 Å². The van der Waals surface area contributed by atoms with Gasteiger partial charge in [0.05, 0.1) is 0 Å². The van der Waals surface area contributed by atoms with Gasteiger partial charge in [-0.05, 0) is 31.2 Å². The van der Waals surface area contributed by atoms with Gasteiger partial charge >= 0.3 is 0 Å². The second-order valence-corrected chi connectivity index (χ2v) is 5.29. The highest BCUT2D eigenvalue weighted by molar-refractivity contribution is 9.10. The van der Waals surface area contributed by atoms with Crippen LogP contribution in [0.15, 0.2) is 28.7 Å². The fraction of sp³-hybridized carbons (Fsp3) is 0.0714. The average molecular weight is 359 g/mol. The molecule has 0 radical (unpaired) electrons. The van der Waals surface area contributed by atoms with Gasteiger partial charge < -0.3 is 11.1 Å². The van der Waals surface area contributed by atoms with Crippen LogP contribution in [0.5, 0.6) is 0 Å². The Morgan fingerprint density at radius 3 is 2.19 bits per heavy atom. The molecule has 2 rings (SSSR count). The summed E-state index contributed by atoms with van der Waals surface area (Å²) < 4.78 is 41.0. The molecule has 0 fully saturated rings. The van der Waals surface area contributed by atoms with Crippen LogP contribution in [0, 0.1) is 24.4 Å². The Morgan fingerprint density at radius 1 is 1.10 bits per heavy atom. The number of rotatable bonds is 2. The van der Waals surface area contributed by atoms with E-state index in [1.165, 1.54) is 13.0 Å². The number of hydrogen-bond acceptors (Lipinski definition) is 2. The number of nitrogen functional groups attached to an aromatic ring is 1. The van der Waals surface area contributed by atoms with Gasteiger partial charge in [0.1, 0.15) is 11.5 Å². The number of carbonyl (C=O) groups is 1. The molecule has 21 heavy (non-hydrogen) atoms. The number of nitrogens with two attached hydrogens (primary N) is 1. The van der Waals surface area contributed by atoms with E-state index in [1.54, 1.807) is 0 Å². The lowest BCUT2D eigenvalue weighted by Gasteiger charge is -2.10. The summed E-state index contributed by atoms with van der Waals surface area (Å²) in [6.45, 7) is 1.46. The molecule has 0 atom stereocenters. The van der Waals surface area contributed by atoms with Crippen molar-refractivity contribution >= 4 is 33.2 Å². The summed E-state index contributed by atoms with van der Waals surface area (Å²) in [6.07, 6.45) is 0. The molecule has 0 heterocycles. The third-order valence-corrected chi connectivity index (χ3v) is 3.35. The van der Waals surface area contributed by atoms with E-state index in [4.69, 9.17) is 5.73 Å². The molecule has 110 valence electrons. The van der Waals surface area contributed by atoms with Crippen molar-refractivity contribution in [3.8, 4) is 0 Å². The Hall–Kier alpha value is -2.02. The third-order valence-electron chi connectivity index (χ3n) is 2.89. The van der Waals surface area contributed by atoms with Gasteiger partial charge in [-0.2, -0.15) is 0 Å². The maximum absolute atomic E-state index is 13.6. The Morgan fingerprint density at radius 2 is 1.67 bits per heavy atom. The van der Waals surface area contributed by atoms with Crippen molar-refractivity contribution in [1.29, 1.82) is 0 Å². The highest BCUT2D eigenvalue weighted by Gasteiger charge is 2.16. The summed E-state index contributed by atoms with van der Waals surface area (Å²) in [6, 6.07) is 4.20. The lowest BCUT2D eigenvalue weighted by atomic mass is 10.1. The molecular formula is C14H10BrF3N2O. The predicted octanol–water partition coefficient (Wildman–Crippen LogP) is 4.01. The summed E-state index contributed by atoms with van der Waals surface area (Å²) in [5, 5.41) is 2.06. The zero-order valence-electron chi connectivity index (χ0n) is 10.8. The van der Waals surface area contributed by atoms with E-state index >= 15 is 0 Å². The quantitative estimate of drug-likeness (QED) is 0.797. The van der Waals surface area contributed by atoms with Crippen LogP contribution in [-0.2, 0) is 0 Å². The molecule has 3 nitrogen and oxygen atoms in total. The first-order valence-corrected chi connectivity index (χ1v) is 6.60. The minimum Gasteiger partial charge on any atom is -0.398 e. The minimum atomic E-state index is -0.948. The van der Waals surface area contributed by atoms with Crippen LogP contribution in [0.1, 0.15) is 15.9 Å². The second kappa shape index (κ2) is 5.77. The molecular weight excluding hydrogens is 349 g/mol. The van der Waals surface area contributed by atoms with Crippen LogP contribution in [0.4, 0.5) is 24.5 Å². The number of benzene rings is 2. The van der Waals surface area contributed by atoms with E-state index < -0.39 is 29.0 Å². The molecule has 7 heteroatoms. The van der Waals surface area contributed by atoms with Crippen LogP contribution in [-0.4, -0.2) is 5.91 Å². The molecule has 2 aromatic carbocycles. The van der Waals surface area contributed by atoms with Gasteiger partial charge in [0.15, 0.2) is 11.6 Å². The Bertz CT molecular complexity index is 688. The monoisotopic (exact) mass is 358 g/mol. The smallest absolute Gasteiger partial charge is 0.255 e. The minimum absolute atomic E-state index is 0.0805. The van der Waals surface area contributed by atoms with Gasteiger partial charge in [0.25, 0.3) is 5.91 Å². The van der Waals surface area contributed by atoms with Crippen LogP contribution in [0.3, 0.4) is 0 Å². The number of amides is 1. The van der Waals surface area contributed by atoms with Crippen molar-refractivity contribution < 1.29 is 18.0 Å². The average Bonchev–Trinajstić information content (AvgIpc) is 2.39. The number of anilines is 2. The number of nitrogens with one attached hydrogen (secondary N) is 1. The first kappa shape index (κ1) is 15.4. The van der Waals surface area contributed by atoms with Gasteiger partial charge in [0, 0.05) is 21.3 Å². The van der Waals surface area contributed by atoms with E-state index in [1.807, 2.05) is 0 Å². The summed E-state index contributed by atoms with van der Waals surface area (Å²) in [5.41, 5.74) is 5.10. The maximum atomic E-state index is 13.6.